The average Bonchev–Trinajstić information content (AvgIpc) is 2.22. The lowest BCUT2D eigenvalue weighted by Gasteiger charge is -2.37. The smallest absolute Gasteiger partial charge is 0.407 e. The van der Waals surface area contributed by atoms with Gasteiger partial charge >= 0.3 is 6.09 Å². The summed E-state index contributed by atoms with van der Waals surface area (Å²) in [6, 6.07) is 0. The van der Waals surface area contributed by atoms with Crippen LogP contribution in [0.1, 0.15) is 52.9 Å². The van der Waals surface area contributed by atoms with E-state index in [1.165, 1.54) is 0 Å². The highest BCUT2D eigenvalue weighted by atomic mass is 16.6. The minimum absolute atomic E-state index is 0.204. The highest BCUT2D eigenvalue weighted by Crippen LogP contribution is 2.32. The van der Waals surface area contributed by atoms with Crippen LogP contribution in [0.4, 0.5) is 4.79 Å². The van der Waals surface area contributed by atoms with E-state index in [0.29, 0.717) is 13.0 Å². The van der Waals surface area contributed by atoms with Gasteiger partial charge in [0.2, 0.25) is 5.91 Å². The minimum atomic E-state index is -0.523. The van der Waals surface area contributed by atoms with Gasteiger partial charge in [-0.25, -0.2) is 4.79 Å². The fourth-order valence-corrected chi connectivity index (χ4v) is 2.75. The van der Waals surface area contributed by atoms with Crippen LogP contribution in [-0.2, 0) is 9.53 Å². The number of hydrogen-bond donors (Lipinski definition) is 3. The molecule has 0 spiro atoms. The Hall–Kier alpha value is -1.30. The van der Waals surface area contributed by atoms with Gasteiger partial charge in [-0.05, 0) is 46.0 Å². The molecule has 1 aliphatic carbocycles. The number of amides is 2. The number of carbonyl (C=O) groups excluding carboxylic acids is 2. The third kappa shape index (κ3) is 6.23. The molecule has 5 N–H and O–H groups in total. The first kappa shape index (κ1) is 16.8. The molecule has 0 aliphatic heterocycles. The van der Waals surface area contributed by atoms with Crippen molar-refractivity contribution in [2.45, 2.75) is 64.0 Å². The van der Waals surface area contributed by atoms with Gasteiger partial charge in [-0.3, -0.25) is 4.79 Å². The monoisotopic (exact) mass is 285 g/mol. The van der Waals surface area contributed by atoms with E-state index in [2.05, 4.69) is 5.32 Å². The first-order valence-electron chi connectivity index (χ1n) is 7.14. The maximum absolute atomic E-state index is 11.6. The molecular formula is C14H27N3O3. The van der Waals surface area contributed by atoms with Crippen molar-refractivity contribution in [3.05, 3.63) is 0 Å². The molecule has 6 nitrogen and oxygen atoms in total. The summed E-state index contributed by atoms with van der Waals surface area (Å²) in [5.74, 6) is -0.103. The van der Waals surface area contributed by atoms with Crippen molar-refractivity contribution in [3.8, 4) is 0 Å². The number of carbonyl (C=O) groups is 2. The zero-order valence-electron chi connectivity index (χ0n) is 12.7. The van der Waals surface area contributed by atoms with Crippen LogP contribution in [0, 0.1) is 5.92 Å². The zero-order chi connectivity index (χ0) is 15.4. The third-order valence-electron chi connectivity index (χ3n) is 3.44. The number of nitrogens with one attached hydrogen (secondary N) is 1. The van der Waals surface area contributed by atoms with Crippen molar-refractivity contribution >= 4 is 12.0 Å². The number of primary amides is 1. The molecule has 0 heterocycles. The van der Waals surface area contributed by atoms with E-state index in [9.17, 15) is 9.59 Å². The Morgan fingerprint density at radius 2 is 2.05 bits per heavy atom. The van der Waals surface area contributed by atoms with Gasteiger partial charge in [-0.15, -0.1) is 0 Å². The third-order valence-corrected chi connectivity index (χ3v) is 3.44. The predicted octanol–water partition coefficient (Wildman–Crippen LogP) is 1.27. The van der Waals surface area contributed by atoms with Gasteiger partial charge in [0, 0.05) is 18.5 Å². The highest BCUT2D eigenvalue weighted by Gasteiger charge is 2.34. The van der Waals surface area contributed by atoms with E-state index in [1.54, 1.807) is 0 Å². The van der Waals surface area contributed by atoms with Gasteiger partial charge in [0.15, 0.2) is 0 Å². The van der Waals surface area contributed by atoms with Crippen LogP contribution in [0.2, 0.25) is 0 Å². The molecule has 0 aromatic carbocycles. The van der Waals surface area contributed by atoms with Crippen molar-refractivity contribution in [1.82, 2.24) is 5.32 Å². The van der Waals surface area contributed by atoms with Crippen LogP contribution in [0.25, 0.3) is 0 Å². The van der Waals surface area contributed by atoms with Crippen molar-refractivity contribution in [2.24, 2.45) is 17.4 Å². The molecule has 2 amide bonds. The second-order valence-electron chi connectivity index (χ2n) is 6.85. The summed E-state index contributed by atoms with van der Waals surface area (Å²) in [6.07, 6.45) is 3.24. The van der Waals surface area contributed by atoms with Crippen LogP contribution >= 0.6 is 0 Å². The Morgan fingerprint density at radius 3 is 2.60 bits per heavy atom. The Labute approximate surface area is 120 Å². The lowest BCUT2D eigenvalue weighted by molar-refractivity contribution is -0.119. The van der Waals surface area contributed by atoms with E-state index in [1.807, 2.05) is 20.8 Å². The molecule has 0 bridgehead atoms. The Kier molecular flexibility index (Phi) is 5.39. The summed E-state index contributed by atoms with van der Waals surface area (Å²) in [4.78, 5) is 22.7. The van der Waals surface area contributed by atoms with E-state index < -0.39 is 17.2 Å². The van der Waals surface area contributed by atoms with Gasteiger partial charge in [-0.2, -0.15) is 0 Å². The predicted molar refractivity (Wildman–Crippen MR) is 76.9 cm³/mol. The Morgan fingerprint density at radius 1 is 1.40 bits per heavy atom. The topological polar surface area (TPSA) is 107 Å². The number of alkyl carbamates (subject to hydrolysis) is 1. The molecule has 0 saturated heterocycles. The SMILES string of the molecule is CC(C)(C)OC(=O)NCC1CCCC(N)(CC(N)=O)C1. The van der Waals surface area contributed by atoms with Crippen molar-refractivity contribution in [2.75, 3.05) is 6.54 Å². The summed E-state index contributed by atoms with van der Waals surface area (Å²) in [7, 11) is 0. The van der Waals surface area contributed by atoms with Crippen molar-refractivity contribution in [1.29, 1.82) is 0 Å². The molecule has 2 unspecified atom stereocenters. The lowest BCUT2D eigenvalue weighted by atomic mass is 9.74. The molecule has 2 atom stereocenters. The van der Waals surface area contributed by atoms with E-state index in [4.69, 9.17) is 16.2 Å². The lowest BCUT2D eigenvalue weighted by Crippen LogP contribution is -2.49. The second kappa shape index (κ2) is 6.43. The van der Waals surface area contributed by atoms with E-state index >= 15 is 0 Å². The maximum Gasteiger partial charge on any atom is 0.407 e. The van der Waals surface area contributed by atoms with Crippen LogP contribution in [0.15, 0.2) is 0 Å². The largest absolute Gasteiger partial charge is 0.444 e. The fraction of sp³-hybridized carbons (Fsp3) is 0.857. The Bertz CT molecular complexity index is 365. The normalized spacial score (nSPS) is 26.9. The summed E-state index contributed by atoms with van der Waals surface area (Å²) >= 11 is 0. The van der Waals surface area contributed by atoms with Gasteiger partial charge in [-0.1, -0.05) is 6.42 Å². The molecule has 1 saturated carbocycles. The minimum Gasteiger partial charge on any atom is -0.444 e. The Balaban J connectivity index is 2.41. The number of ether oxygens (including phenoxy) is 1. The number of hydrogen-bond acceptors (Lipinski definition) is 4. The first-order chi connectivity index (χ1) is 9.10. The molecule has 6 heteroatoms. The molecule has 1 rings (SSSR count). The number of nitrogens with two attached hydrogens (primary N) is 2. The van der Waals surface area contributed by atoms with Crippen LogP contribution in [0.5, 0.6) is 0 Å². The molecule has 0 aromatic rings. The first-order valence-corrected chi connectivity index (χ1v) is 7.14. The average molecular weight is 285 g/mol. The fourth-order valence-electron chi connectivity index (χ4n) is 2.75. The summed E-state index contributed by atoms with van der Waals surface area (Å²) in [5, 5.41) is 2.77. The van der Waals surface area contributed by atoms with Gasteiger partial charge in [0.1, 0.15) is 5.60 Å². The van der Waals surface area contributed by atoms with Crippen LogP contribution in [-0.4, -0.2) is 29.7 Å². The van der Waals surface area contributed by atoms with Crippen molar-refractivity contribution in [3.63, 3.8) is 0 Å². The second-order valence-corrected chi connectivity index (χ2v) is 6.85. The van der Waals surface area contributed by atoms with E-state index in [-0.39, 0.29) is 18.2 Å². The van der Waals surface area contributed by atoms with E-state index in [0.717, 1.165) is 19.3 Å². The number of rotatable bonds is 4. The summed E-state index contributed by atoms with van der Waals surface area (Å²) in [6.45, 7) is 5.99. The molecular weight excluding hydrogens is 258 g/mol. The standard InChI is InChI=1S/C14H27N3O3/c1-13(2,3)20-12(19)17-9-10-5-4-6-14(16,7-10)8-11(15)18/h10H,4-9,16H2,1-3H3,(H2,15,18)(H,17,19). The molecule has 20 heavy (non-hydrogen) atoms. The molecule has 1 aliphatic rings. The van der Waals surface area contributed by atoms with Gasteiger partial charge < -0.3 is 21.5 Å². The van der Waals surface area contributed by atoms with Gasteiger partial charge in [0.25, 0.3) is 0 Å². The van der Waals surface area contributed by atoms with Crippen LogP contribution < -0.4 is 16.8 Å². The molecule has 0 radical (unpaired) electrons. The summed E-state index contributed by atoms with van der Waals surface area (Å²) < 4.78 is 5.19. The van der Waals surface area contributed by atoms with Gasteiger partial charge in [0.05, 0.1) is 0 Å². The molecule has 116 valence electrons. The summed E-state index contributed by atoms with van der Waals surface area (Å²) in [5.41, 5.74) is 10.4. The highest BCUT2D eigenvalue weighted by molar-refractivity contribution is 5.75. The zero-order valence-corrected chi connectivity index (χ0v) is 12.7. The molecule has 0 aromatic heterocycles. The van der Waals surface area contributed by atoms with Crippen LogP contribution in [0.3, 0.4) is 0 Å². The molecule has 1 fully saturated rings. The van der Waals surface area contributed by atoms with Crippen molar-refractivity contribution < 1.29 is 14.3 Å². The quantitative estimate of drug-likeness (QED) is 0.723. The maximum atomic E-state index is 11.6.